The second-order valence-corrected chi connectivity index (χ2v) is 7.03. The number of aromatic amines is 1. The molecule has 0 saturated carbocycles. The fraction of sp³-hybridized carbons (Fsp3) is 0.0870. The number of carbonyl (C=O) groups is 1. The van der Waals surface area contributed by atoms with Gasteiger partial charge in [0.2, 0.25) is 17.4 Å². The molecular formula is C23H24N10O4. The van der Waals surface area contributed by atoms with Crippen LogP contribution in [0.3, 0.4) is 0 Å². The van der Waals surface area contributed by atoms with Gasteiger partial charge in [-0.1, -0.05) is 60.7 Å². The van der Waals surface area contributed by atoms with Gasteiger partial charge in [-0.2, -0.15) is 0 Å². The van der Waals surface area contributed by atoms with Gasteiger partial charge in [0, 0.05) is 5.56 Å². The summed E-state index contributed by atoms with van der Waals surface area (Å²) >= 11 is 0. The largest absolute Gasteiger partial charge is 0.480 e. The molecule has 0 saturated heterocycles. The van der Waals surface area contributed by atoms with E-state index < -0.39 is 0 Å². The van der Waals surface area contributed by atoms with Crippen molar-refractivity contribution in [2.75, 3.05) is 25.1 Å². The van der Waals surface area contributed by atoms with Gasteiger partial charge in [-0.3, -0.25) is 10.2 Å². The number of H-pyrrole nitrogens is 1. The van der Waals surface area contributed by atoms with Crippen molar-refractivity contribution in [3.8, 4) is 22.8 Å². The number of ketones is 1. The molecule has 0 bridgehead atoms. The van der Waals surface area contributed by atoms with Crippen LogP contribution in [0.2, 0.25) is 0 Å². The SMILES string of the molecule is COC(=N)c1nonc1N.NCC(=O)c1ccccc1.Nc1nonc1-c1ncc(-c2ccccc2)[nH]1. The van der Waals surface area contributed by atoms with Crippen LogP contribution in [0, 0.1) is 5.41 Å². The smallest absolute Gasteiger partial charge is 0.239 e. The molecule has 190 valence electrons. The molecule has 3 aromatic heterocycles. The molecule has 5 aromatic rings. The molecule has 0 amide bonds. The Labute approximate surface area is 210 Å². The highest BCUT2D eigenvalue weighted by molar-refractivity contribution is 5.97. The van der Waals surface area contributed by atoms with E-state index in [2.05, 4.69) is 44.6 Å². The standard InChI is InChI=1S/C11H9N5O.C8H9NO.C4H6N4O2/c12-10-9(15-17-16-10)11-13-6-8(14-11)7-4-2-1-3-5-7;9-6-8(10)7-4-2-1-3-5-7;1-9-4(6)2-3(5)8-10-7-2/h1-6H,(H2,12,16)(H,13,14);1-5H,6,9H2;6H,1H3,(H2,5,8). The Hall–Kier alpha value is -5.37. The van der Waals surface area contributed by atoms with Crippen molar-refractivity contribution in [3.05, 3.63) is 78.1 Å². The lowest BCUT2D eigenvalue weighted by molar-refractivity contribution is 0.100. The third-order valence-electron chi connectivity index (χ3n) is 4.61. The number of Topliss-reactive ketones (excluding diaryl/α,β-unsaturated/α-hetero) is 1. The summed E-state index contributed by atoms with van der Waals surface area (Å²) in [6, 6.07) is 18.9. The van der Waals surface area contributed by atoms with E-state index in [1.165, 1.54) is 7.11 Å². The van der Waals surface area contributed by atoms with Gasteiger partial charge in [0.15, 0.2) is 23.1 Å². The van der Waals surface area contributed by atoms with Gasteiger partial charge in [-0.05, 0) is 26.2 Å². The van der Waals surface area contributed by atoms with Crippen LogP contribution in [0.25, 0.3) is 22.8 Å². The molecule has 0 fully saturated rings. The predicted molar refractivity (Wildman–Crippen MR) is 134 cm³/mol. The van der Waals surface area contributed by atoms with Gasteiger partial charge in [-0.15, -0.1) is 0 Å². The fourth-order valence-electron chi connectivity index (χ4n) is 2.76. The van der Waals surface area contributed by atoms with E-state index in [1.807, 2.05) is 48.5 Å². The topological polar surface area (TPSA) is 235 Å². The number of imidazole rings is 1. The number of methoxy groups -OCH3 is 1. The van der Waals surface area contributed by atoms with Crippen LogP contribution in [0.5, 0.6) is 0 Å². The second kappa shape index (κ2) is 12.9. The number of rotatable bonds is 5. The van der Waals surface area contributed by atoms with Crippen molar-refractivity contribution in [2.24, 2.45) is 5.73 Å². The minimum atomic E-state index is -0.154. The number of nitrogens with one attached hydrogen (secondary N) is 2. The highest BCUT2D eigenvalue weighted by atomic mass is 16.6. The van der Waals surface area contributed by atoms with Gasteiger partial charge in [0.25, 0.3) is 0 Å². The summed E-state index contributed by atoms with van der Waals surface area (Å²) in [6.45, 7) is 0.0873. The third kappa shape index (κ3) is 7.06. The number of aromatic nitrogens is 6. The van der Waals surface area contributed by atoms with Crippen LogP contribution in [0.15, 0.2) is 76.1 Å². The summed E-state index contributed by atoms with van der Waals surface area (Å²) in [5.41, 5.74) is 19.1. The van der Waals surface area contributed by atoms with Crippen molar-refractivity contribution in [2.45, 2.75) is 0 Å². The Kier molecular flexibility index (Phi) is 9.16. The van der Waals surface area contributed by atoms with E-state index in [-0.39, 0.29) is 35.6 Å². The van der Waals surface area contributed by atoms with Gasteiger partial charge in [-0.25, -0.2) is 14.2 Å². The van der Waals surface area contributed by atoms with Crippen LogP contribution in [-0.4, -0.2) is 55.9 Å². The highest BCUT2D eigenvalue weighted by Crippen LogP contribution is 2.23. The molecule has 8 N–H and O–H groups in total. The number of nitrogen functional groups attached to an aromatic ring is 2. The Morgan fingerprint density at radius 3 is 2.11 bits per heavy atom. The van der Waals surface area contributed by atoms with E-state index in [9.17, 15) is 4.79 Å². The maximum absolute atomic E-state index is 10.9. The van der Waals surface area contributed by atoms with Gasteiger partial charge >= 0.3 is 0 Å². The molecule has 0 unspecified atom stereocenters. The summed E-state index contributed by atoms with van der Waals surface area (Å²) in [5.74, 6) is 0.660. The molecule has 14 heteroatoms. The average Bonchev–Trinajstić information content (AvgIpc) is 3.70. The summed E-state index contributed by atoms with van der Waals surface area (Å²) in [4.78, 5) is 18.2. The van der Waals surface area contributed by atoms with Gasteiger partial charge < -0.3 is 26.9 Å². The summed E-state index contributed by atoms with van der Waals surface area (Å²) in [5, 5.41) is 20.8. The van der Waals surface area contributed by atoms with E-state index in [4.69, 9.17) is 22.6 Å². The highest BCUT2D eigenvalue weighted by Gasteiger charge is 2.13. The number of hydrogen-bond acceptors (Lipinski definition) is 13. The van der Waals surface area contributed by atoms with Crippen molar-refractivity contribution in [1.82, 2.24) is 30.6 Å². The van der Waals surface area contributed by atoms with Crippen molar-refractivity contribution >= 4 is 23.3 Å². The van der Waals surface area contributed by atoms with Crippen LogP contribution >= 0.6 is 0 Å². The fourth-order valence-corrected chi connectivity index (χ4v) is 2.76. The zero-order chi connectivity index (χ0) is 26.6. The van der Waals surface area contributed by atoms with Gasteiger partial charge in [0.1, 0.15) is 0 Å². The molecule has 3 heterocycles. The minimum Gasteiger partial charge on any atom is -0.480 e. The Balaban J connectivity index is 0.000000165. The predicted octanol–water partition coefficient (Wildman–Crippen LogP) is 2.16. The molecule has 14 nitrogen and oxygen atoms in total. The minimum absolute atomic E-state index is 0.0133. The number of carbonyl (C=O) groups excluding carboxylic acids is 1. The first-order valence-corrected chi connectivity index (χ1v) is 10.6. The Bertz CT molecular complexity index is 1410. The second-order valence-electron chi connectivity index (χ2n) is 7.03. The quantitative estimate of drug-likeness (QED) is 0.131. The average molecular weight is 505 g/mol. The maximum Gasteiger partial charge on any atom is 0.239 e. The van der Waals surface area contributed by atoms with E-state index in [1.54, 1.807) is 18.3 Å². The third-order valence-corrected chi connectivity index (χ3v) is 4.61. The first-order valence-electron chi connectivity index (χ1n) is 10.6. The van der Waals surface area contributed by atoms with E-state index in [0.717, 1.165) is 11.3 Å². The van der Waals surface area contributed by atoms with Crippen molar-refractivity contribution in [3.63, 3.8) is 0 Å². The molecule has 2 aromatic carbocycles. The number of benzene rings is 2. The number of nitrogens with two attached hydrogens (primary N) is 3. The molecule has 0 aliphatic rings. The van der Waals surface area contributed by atoms with Crippen LogP contribution in [0.4, 0.5) is 11.6 Å². The lowest BCUT2D eigenvalue weighted by Crippen LogP contribution is -2.12. The molecule has 0 spiro atoms. The van der Waals surface area contributed by atoms with Crippen LogP contribution in [0.1, 0.15) is 16.1 Å². The number of hydrogen-bond donors (Lipinski definition) is 5. The molecule has 0 aliphatic carbocycles. The van der Waals surface area contributed by atoms with E-state index >= 15 is 0 Å². The first kappa shape index (κ1) is 26.2. The van der Waals surface area contributed by atoms with Crippen LogP contribution < -0.4 is 17.2 Å². The number of anilines is 2. The van der Waals surface area contributed by atoms with Crippen LogP contribution in [-0.2, 0) is 4.74 Å². The summed E-state index contributed by atoms with van der Waals surface area (Å²) in [6.07, 6.45) is 1.72. The van der Waals surface area contributed by atoms with Crippen molar-refractivity contribution < 1.29 is 18.8 Å². The first-order chi connectivity index (χ1) is 17.9. The molecular weight excluding hydrogens is 480 g/mol. The monoisotopic (exact) mass is 504 g/mol. The van der Waals surface area contributed by atoms with Gasteiger partial charge in [0.05, 0.1) is 25.5 Å². The summed E-state index contributed by atoms with van der Waals surface area (Å²) < 4.78 is 13.3. The molecule has 0 aliphatic heterocycles. The lowest BCUT2D eigenvalue weighted by atomic mass is 10.1. The van der Waals surface area contributed by atoms with E-state index in [0.29, 0.717) is 17.1 Å². The summed E-state index contributed by atoms with van der Waals surface area (Å²) in [7, 11) is 1.34. The normalized spacial score (nSPS) is 9.89. The molecule has 0 radical (unpaired) electrons. The molecule has 0 atom stereocenters. The molecule has 5 rings (SSSR count). The lowest BCUT2D eigenvalue weighted by Gasteiger charge is -1.95. The number of ether oxygens (including phenoxy) is 1. The zero-order valence-corrected chi connectivity index (χ0v) is 19.7. The van der Waals surface area contributed by atoms with Crippen molar-refractivity contribution in [1.29, 1.82) is 5.41 Å². The maximum atomic E-state index is 10.9. The Morgan fingerprint density at radius 2 is 1.57 bits per heavy atom. The zero-order valence-electron chi connectivity index (χ0n) is 19.7. The number of nitrogens with zero attached hydrogens (tertiary/aromatic N) is 5. The molecule has 37 heavy (non-hydrogen) atoms. The Morgan fingerprint density at radius 1 is 0.946 bits per heavy atom.